The zero-order chi connectivity index (χ0) is 14.7. The fourth-order valence-electron chi connectivity index (χ4n) is 1.74. The van der Waals surface area contributed by atoms with Crippen molar-refractivity contribution in [1.82, 2.24) is 29.7 Å². The van der Waals surface area contributed by atoms with Crippen molar-refractivity contribution in [1.29, 1.82) is 0 Å². The SMILES string of the molecule is CCNc1nc(-c2ccc(Cl)cc2)nc(-n2cncn2)n1. The number of benzene rings is 1. The third kappa shape index (κ3) is 2.97. The summed E-state index contributed by atoms with van der Waals surface area (Å²) in [5.74, 6) is 1.44. The van der Waals surface area contributed by atoms with Gasteiger partial charge in [-0.2, -0.15) is 24.7 Å². The predicted octanol–water partition coefficient (Wildman–Crippen LogP) is 2.20. The highest BCUT2D eigenvalue weighted by Gasteiger charge is 2.10. The van der Waals surface area contributed by atoms with Gasteiger partial charge < -0.3 is 5.32 Å². The van der Waals surface area contributed by atoms with Gasteiger partial charge in [0.05, 0.1) is 0 Å². The Hall–Kier alpha value is -2.54. The summed E-state index contributed by atoms with van der Waals surface area (Å²) in [7, 11) is 0. The molecule has 1 aromatic carbocycles. The minimum atomic E-state index is 0.406. The fourth-order valence-corrected chi connectivity index (χ4v) is 1.87. The Morgan fingerprint density at radius 2 is 1.95 bits per heavy atom. The summed E-state index contributed by atoms with van der Waals surface area (Å²) in [4.78, 5) is 17.0. The van der Waals surface area contributed by atoms with Crippen LogP contribution in [0.3, 0.4) is 0 Å². The molecule has 0 saturated carbocycles. The van der Waals surface area contributed by atoms with E-state index in [0.717, 1.165) is 5.56 Å². The number of hydrogen-bond acceptors (Lipinski definition) is 6. The monoisotopic (exact) mass is 301 g/mol. The predicted molar refractivity (Wildman–Crippen MR) is 79.4 cm³/mol. The van der Waals surface area contributed by atoms with Crippen LogP contribution in [0, 0.1) is 0 Å². The minimum absolute atomic E-state index is 0.406. The van der Waals surface area contributed by atoms with Crippen LogP contribution in [0.15, 0.2) is 36.9 Å². The topological polar surface area (TPSA) is 81.4 Å². The summed E-state index contributed by atoms with van der Waals surface area (Å²) in [6, 6.07) is 7.31. The zero-order valence-electron chi connectivity index (χ0n) is 11.2. The molecule has 0 amide bonds. The van der Waals surface area contributed by atoms with E-state index in [1.807, 2.05) is 19.1 Å². The normalized spacial score (nSPS) is 10.6. The summed E-state index contributed by atoms with van der Waals surface area (Å²) in [6.45, 7) is 2.68. The van der Waals surface area contributed by atoms with Gasteiger partial charge in [0.2, 0.25) is 5.95 Å². The first kappa shape index (κ1) is 13.4. The Morgan fingerprint density at radius 3 is 2.62 bits per heavy atom. The van der Waals surface area contributed by atoms with E-state index in [4.69, 9.17) is 11.6 Å². The first-order chi connectivity index (χ1) is 10.3. The standard InChI is InChI=1S/C13H12ClN7/c1-2-16-12-18-11(9-3-5-10(14)6-4-9)19-13(20-12)21-8-15-7-17-21/h3-8H,2H2,1H3,(H,16,18,19,20). The Bertz CT molecular complexity index is 725. The second-order valence-corrected chi connectivity index (χ2v) is 4.60. The van der Waals surface area contributed by atoms with Gasteiger partial charge >= 0.3 is 0 Å². The van der Waals surface area contributed by atoms with E-state index < -0.39 is 0 Å². The summed E-state index contributed by atoms with van der Waals surface area (Å²) in [6.07, 6.45) is 2.97. The average Bonchev–Trinajstić information content (AvgIpc) is 3.02. The number of hydrogen-bond donors (Lipinski definition) is 1. The molecule has 1 N–H and O–H groups in total. The van der Waals surface area contributed by atoms with Gasteiger partial charge in [-0.1, -0.05) is 11.6 Å². The zero-order valence-corrected chi connectivity index (χ0v) is 12.0. The Kier molecular flexibility index (Phi) is 3.74. The van der Waals surface area contributed by atoms with E-state index in [1.54, 1.807) is 12.1 Å². The maximum Gasteiger partial charge on any atom is 0.257 e. The Morgan fingerprint density at radius 1 is 1.14 bits per heavy atom. The van der Waals surface area contributed by atoms with Crippen LogP contribution in [0.1, 0.15) is 6.92 Å². The first-order valence-corrected chi connectivity index (χ1v) is 6.75. The molecule has 0 aliphatic heterocycles. The van der Waals surface area contributed by atoms with Gasteiger partial charge in [0.25, 0.3) is 5.95 Å². The number of nitrogens with one attached hydrogen (secondary N) is 1. The van der Waals surface area contributed by atoms with Crippen LogP contribution in [-0.2, 0) is 0 Å². The van der Waals surface area contributed by atoms with Crippen LogP contribution in [-0.4, -0.2) is 36.3 Å². The third-order valence-electron chi connectivity index (χ3n) is 2.68. The lowest BCUT2D eigenvalue weighted by Crippen LogP contribution is -2.10. The fraction of sp³-hybridized carbons (Fsp3) is 0.154. The molecule has 0 aliphatic rings. The average molecular weight is 302 g/mol. The number of aromatic nitrogens is 6. The molecule has 0 bridgehead atoms. The lowest BCUT2D eigenvalue weighted by Gasteiger charge is -2.07. The van der Waals surface area contributed by atoms with Crippen LogP contribution in [0.25, 0.3) is 17.3 Å². The largest absolute Gasteiger partial charge is 0.354 e. The van der Waals surface area contributed by atoms with E-state index in [2.05, 4.69) is 30.4 Å². The molecule has 106 valence electrons. The molecule has 8 heteroatoms. The van der Waals surface area contributed by atoms with Crippen LogP contribution < -0.4 is 5.32 Å². The molecule has 0 saturated heterocycles. The molecule has 0 radical (unpaired) electrons. The van der Waals surface area contributed by atoms with Gasteiger partial charge in [-0.25, -0.2) is 4.98 Å². The van der Waals surface area contributed by atoms with Gasteiger partial charge in [-0.15, -0.1) is 0 Å². The number of anilines is 1. The molecule has 3 rings (SSSR count). The van der Waals surface area contributed by atoms with Crippen molar-refractivity contribution in [2.45, 2.75) is 6.92 Å². The Balaban J connectivity index is 2.09. The highest BCUT2D eigenvalue weighted by molar-refractivity contribution is 6.30. The van der Waals surface area contributed by atoms with Gasteiger partial charge in [-0.05, 0) is 31.2 Å². The highest BCUT2D eigenvalue weighted by Crippen LogP contribution is 2.19. The molecule has 3 aromatic rings. The maximum absolute atomic E-state index is 5.90. The molecule has 2 aromatic heterocycles. The van der Waals surface area contributed by atoms with E-state index in [1.165, 1.54) is 17.3 Å². The van der Waals surface area contributed by atoms with Crippen molar-refractivity contribution in [2.24, 2.45) is 0 Å². The van der Waals surface area contributed by atoms with Crippen LogP contribution in [0.4, 0.5) is 5.95 Å². The summed E-state index contributed by atoms with van der Waals surface area (Å²) in [5, 5.41) is 7.79. The molecular formula is C13H12ClN7. The van der Waals surface area contributed by atoms with Crippen molar-refractivity contribution in [3.63, 3.8) is 0 Å². The van der Waals surface area contributed by atoms with E-state index in [-0.39, 0.29) is 0 Å². The van der Waals surface area contributed by atoms with Gasteiger partial charge in [0.15, 0.2) is 5.82 Å². The molecule has 0 fully saturated rings. The van der Waals surface area contributed by atoms with Crippen molar-refractivity contribution in [2.75, 3.05) is 11.9 Å². The lowest BCUT2D eigenvalue weighted by molar-refractivity contribution is 0.796. The second kappa shape index (κ2) is 5.84. The molecular weight excluding hydrogens is 290 g/mol. The molecule has 0 atom stereocenters. The van der Waals surface area contributed by atoms with Crippen molar-refractivity contribution < 1.29 is 0 Å². The molecule has 0 spiro atoms. The molecule has 0 aliphatic carbocycles. The first-order valence-electron chi connectivity index (χ1n) is 6.37. The summed E-state index contributed by atoms with van der Waals surface area (Å²) in [5.41, 5.74) is 0.849. The minimum Gasteiger partial charge on any atom is -0.354 e. The van der Waals surface area contributed by atoms with Gasteiger partial charge in [0.1, 0.15) is 12.7 Å². The van der Waals surface area contributed by atoms with Crippen LogP contribution in [0.5, 0.6) is 0 Å². The third-order valence-corrected chi connectivity index (χ3v) is 2.94. The molecule has 0 unspecified atom stereocenters. The van der Waals surface area contributed by atoms with Crippen molar-refractivity contribution >= 4 is 17.5 Å². The number of halogens is 1. The van der Waals surface area contributed by atoms with Gasteiger partial charge in [-0.3, -0.25) is 0 Å². The molecule has 2 heterocycles. The quantitative estimate of drug-likeness (QED) is 0.795. The smallest absolute Gasteiger partial charge is 0.257 e. The van der Waals surface area contributed by atoms with E-state index >= 15 is 0 Å². The van der Waals surface area contributed by atoms with Crippen LogP contribution >= 0.6 is 11.6 Å². The summed E-state index contributed by atoms with van der Waals surface area (Å²) < 4.78 is 1.49. The second-order valence-electron chi connectivity index (χ2n) is 4.16. The van der Waals surface area contributed by atoms with E-state index in [0.29, 0.717) is 29.3 Å². The maximum atomic E-state index is 5.90. The van der Waals surface area contributed by atoms with Crippen molar-refractivity contribution in [3.05, 3.63) is 41.9 Å². The Labute approximate surface area is 126 Å². The number of nitrogens with zero attached hydrogens (tertiary/aromatic N) is 6. The van der Waals surface area contributed by atoms with Crippen molar-refractivity contribution in [3.8, 4) is 17.3 Å². The van der Waals surface area contributed by atoms with E-state index in [9.17, 15) is 0 Å². The highest BCUT2D eigenvalue weighted by atomic mass is 35.5. The number of rotatable bonds is 4. The molecule has 7 nitrogen and oxygen atoms in total. The lowest BCUT2D eigenvalue weighted by atomic mass is 10.2. The summed E-state index contributed by atoms with van der Waals surface area (Å²) >= 11 is 5.90. The van der Waals surface area contributed by atoms with Crippen LogP contribution in [0.2, 0.25) is 5.02 Å². The van der Waals surface area contributed by atoms with Gasteiger partial charge in [0, 0.05) is 17.1 Å². The molecule has 21 heavy (non-hydrogen) atoms.